The molecule has 2 aromatic carbocycles. The number of rotatable bonds is 6. The van der Waals surface area contributed by atoms with Crippen LogP contribution in [0.3, 0.4) is 0 Å². The van der Waals surface area contributed by atoms with E-state index in [1.54, 1.807) is 0 Å². The van der Waals surface area contributed by atoms with Crippen LogP contribution in [-0.4, -0.2) is 30.7 Å². The van der Waals surface area contributed by atoms with Crippen molar-refractivity contribution >= 4 is 5.91 Å². The number of carbonyl (C=O) groups is 1. The first-order valence-corrected chi connectivity index (χ1v) is 8.90. The first kappa shape index (κ1) is 18.3. The second-order valence-electron chi connectivity index (χ2n) is 6.87. The summed E-state index contributed by atoms with van der Waals surface area (Å²) < 4.78 is 10.8. The predicted octanol–water partition coefficient (Wildman–Crippen LogP) is 3.42. The van der Waals surface area contributed by atoms with Crippen molar-refractivity contribution in [1.29, 1.82) is 0 Å². The lowest BCUT2D eigenvalue weighted by atomic mass is 10.0. The zero-order chi connectivity index (χ0) is 18.7. The van der Waals surface area contributed by atoms with Crippen molar-refractivity contribution in [1.82, 2.24) is 10.2 Å². The van der Waals surface area contributed by atoms with Crippen molar-refractivity contribution in [3.63, 3.8) is 0 Å². The van der Waals surface area contributed by atoms with Gasteiger partial charge in [-0.3, -0.25) is 9.69 Å². The lowest BCUT2D eigenvalue weighted by Crippen LogP contribution is -2.43. The van der Waals surface area contributed by atoms with Crippen LogP contribution in [0.1, 0.15) is 36.6 Å². The quantitative estimate of drug-likeness (QED) is 0.864. The third-order valence-corrected chi connectivity index (χ3v) is 4.92. The number of hydrogen-bond donors (Lipinski definition) is 1. The number of fused-ring (bicyclic) bond motifs is 1. The molecule has 2 unspecified atom stereocenters. The van der Waals surface area contributed by atoms with Gasteiger partial charge in [-0.1, -0.05) is 30.3 Å². The molecule has 26 heavy (non-hydrogen) atoms. The minimum absolute atomic E-state index is 0.0176. The van der Waals surface area contributed by atoms with Crippen LogP contribution in [0, 0.1) is 6.92 Å². The topological polar surface area (TPSA) is 50.8 Å². The van der Waals surface area contributed by atoms with Gasteiger partial charge in [0.1, 0.15) is 0 Å². The van der Waals surface area contributed by atoms with Crippen molar-refractivity contribution in [3.8, 4) is 11.5 Å². The average Bonchev–Trinajstić information content (AvgIpc) is 3.09. The molecule has 5 heteroatoms. The Morgan fingerprint density at radius 1 is 1.15 bits per heavy atom. The maximum atomic E-state index is 12.7. The van der Waals surface area contributed by atoms with Crippen LogP contribution in [0.25, 0.3) is 0 Å². The zero-order valence-corrected chi connectivity index (χ0v) is 15.8. The van der Waals surface area contributed by atoms with Gasteiger partial charge in [0, 0.05) is 6.54 Å². The fourth-order valence-corrected chi connectivity index (χ4v) is 3.15. The number of benzene rings is 2. The van der Waals surface area contributed by atoms with Gasteiger partial charge in [0.25, 0.3) is 0 Å². The third kappa shape index (κ3) is 3.99. The highest BCUT2D eigenvalue weighted by atomic mass is 16.7. The van der Waals surface area contributed by atoms with E-state index in [4.69, 9.17) is 9.47 Å². The van der Waals surface area contributed by atoms with E-state index in [1.807, 2.05) is 56.1 Å². The van der Waals surface area contributed by atoms with E-state index in [9.17, 15) is 4.79 Å². The summed E-state index contributed by atoms with van der Waals surface area (Å²) in [5, 5.41) is 3.12. The molecule has 1 heterocycles. The molecule has 0 aliphatic carbocycles. The van der Waals surface area contributed by atoms with E-state index in [0.717, 1.165) is 22.6 Å². The van der Waals surface area contributed by atoms with Gasteiger partial charge in [0.05, 0.1) is 12.1 Å². The number of nitrogens with one attached hydrogen (secondary N) is 1. The molecule has 1 aliphatic heterocycles. The Labute approximate surface area is 154 Å². The molecule has 0 spiro atoms. The van der Waals surface area contributed by atoms with Gasteiger partial charge in [-0.2, -0.15) is 0 Å². The van der Waals surface area contributed by atoms with E-state index in [2.05, 4.69) is 24.4 Å². The standard InChI is InChI=1S/C21H26N2O3/c1-14-7-5-6-8-18(14)15(2)22-21(24)16(3)23(4)12-17-9-10-19-20(11-17)26-13-25-19/h5-11,15-16H,12-13H2,1-4H3,(H,22,24). The first-order valence-electron chi connectivity index (χ1n) is 8.90. The van der Waals surface area contributed by atoms with Gasteiger partial charge in [-0.05, 0) is 56.6 Å². The minimum atomic E-state index is -0.244. The molecule has 0 radical (unpaired) electrons. The Bertz CT molecular complexity index is 791. The summed E-state index contributed by atoms with van der Waals surface area (Å²) in [5.74, 6) is 1.56. The van der Waals surface area contributed by atoms with E-state index in [1.165, 1.54) is 5.56 Å². The molecular formula is C21H26N2O3. The molecule has 0 aromatic heterocycles. The molecule has 1 N–H and O–H groups in total. The summed E-state index contributed by atoms with van der Waals surface area (Å²) in [6.07, 6.45) is 0. The third-order valence-electron chi connectivity index (χ3n) is 4.92. The lowest BCUT2D eigenvalue weighted by Gasteiger charge is -2.26. The number of amides is 1. The SMILES string of the molecule is Cc1ccccc1C(C)NC(=O)C(C)N(C)Cc1ccc2c(c1)OCO2. The number of ether oxygens (including phenoxy) is 2. The van der Waals surface area contributed by atoms with Crippen molar-refractivity contribution in [2.75, 3.05) is 13.8 Å². The predicted molar refractivity (Wildman–Crippen MR) is 101 cm³/mol. The summed E-state index contributed by atoms with van der Waals surface area (Å²) in [4.78, 5) is 14.7. The highest BCUT2D eigenvalue weighted by Crippen LogP contribution is 2.32. The maximum absolute atomic E-state index is 12.7. The fraction of sp³-hybridized carbons (Fsp3) is 0.381. The monoisotopic (exact) mass is 354 g/mol. The Balaban J connectivity index is 1.60. The molecule has 2 aromatic rings. The van der Waals surface area contributed by atoms with Crippen LogP contribution in [0.5, 0.6) is 11.5 Å². The number of hydrogen-bond acceptors (Lipinski definition) is 4. The van der Waals surface area contributed by atoms with Crippen LogP contribution >= 0.6 is 0 Å². The van der Waals surface area contributed by atoms with Gasteiger partial charge in [0.15, 0.2) is 11.5 Å². The average molecular weight is 354 g/mol. The lowest BCUT2D eigenvalue weighted by molar-refractivity contribution is -0.126. The first-order chi connectivity index (χ1) is 12.5. The van der Waals surface area contributed by atoms with Gasteiger partial charge < -0.3 is 14.8 Å². The number of carbonyl (C=O) groups excluding carboxylic acids is 1. The summed E-state index contributed by atoms with van der Waals surface area (Å²) in [6.45, 7) is 6.93. The van der Waals surface area contributed by atoms with Gasteiger partial charge >= 0.3 is 0 Å². The fourth-order valence-electron chi connectivity index (χ4n) is 3.15. The summed E-state index contributed by atoms with van der Waals surface area (Å²) in [6, 6.07) is 13.8. The van der Waals surface area contributed by atoms with E-state index in [-0.39, 0.29) is 24.8 Å². The largest absolute Gasteiger partial charge is 0.454 e. The van der Waals surface area contributed by atoms with E-state index >= 15 is 0 Å². The highest BCUT2D eigenvalue weighted by Gasteiger charge is 2.21. The molecule has 5 nitrogen and oxygen atoms in total. The van der Waals surface area contributed by atoms with Gasteiger partial charge in [0.2, 0.25) is 12.7 Å². The maximum Gasteiger partial charge on any atom is 0.237 e. The second-order valence-corrected chi connectivity index (χ2v) is 6.87. The van der Waals surface area contributed by atoms with Gasteiger partial charge in [-0.25, -0.2) is 0 Å². The second kappa shape index (κ2) is 7.79. The highest BCUT2D eigenvalue weighted by molar-refractivity contribution is 5.81. The molecule has 1 amide bonds. The van der Waals surface area contributed by atoms with Crippen molar-refractivity contribution in [3.05, 3.63) is 59.2 Å². The summed E-state index contributed by atoms with van der Waals surface area (Å²) >= 11 is 0. The Kier molecular flexibility index (Phi) is 5.47. The number of likely N-dealkylation sites (N-methyl/N-ethyl adjacent to an activating group) is 1. The van der Waals surface area contributed by atoms with Crippen LogP contribution in [0.4, 0.5) is 0 Å². The van der Waals surface area contributed by atoms with Crippen molar-refractivity contribution < 1.29 is 14.3 Å². The van der Waals surface area contributed by atoms with Crippen molar-refractivity contribution in [2.45, 2.75) is 39.4 Å². The van der Waals surface area contributed by atoms with Crippen molar-refractivity contribution in [2.24, 2.45) is 0 Å². The van der Waals surface area contributed by atoms with E-state index < -0.39 is 0 Å². The molecule has 0 bridgehead atoms. The molecule has 1 aliphatic rings. The minimum Gasteiger partial charge on any atom is -0.454 e. The summed E-state index contributed by atoms with van der Waals surface area (Å²) in [7, 11) is 1.95. The zero-order valence-electron chi connectivity index (χ0n) is 15.8. The summed E-state index contributed by atoms with van der Waals surface area (Å²) in [5.41, 5.74) is 3.41. The Morgan fingerprint density at radius 2 is 1.88 bits per heavy atom. The van der Waals surface area contributed by atoms with Crippen LogP contribution < -0.4 is 14.8 Å². The molecule has 2 atom stereocenters. The Morgan fingerprint density at radius 3 is 2.65 bits per heavy atom. The molecule has 3 rings (SSSR count). The van der Waals surface area contributed by atoms with Gasteiger partial charge in [-0.15, -0.1) is 0 Å². The molecule has 0 saturated carbocycles. The van der Waals surface area contributed by atoms with Crippen LogP contribution in [0.15, 0.2) is 42.5 Å². The van der Waals surface area contributed by atoms with Crippen LogP contribution in [-0.2, 0) is 11.3 Å². The smallest absolute Gasteiger partial charge is 0.237 e. The molecule has 0 fully saturated rings. The number of aryl methyl sites for hydroxylation is 1. The normalized spacial score (nSPS) is 15.0. The Hall–Kier alpha value is -2.53. The molecule has 138 valence electrons. The van der Waals surface area contributed by atoms with Crippen LogP contribution in [0.2, 0.25) is 0 Å². The van der Waals surface area contributed by atoms with E-state index in [0.29, 0.717) is 6.54 Å². The molecular weight excluding hydrogens is 328 g/mol. The number of nitrogens with zero attached hydrogens (tertiary/aromatic N) is 1. The molecule has 0 saturated heterocycles.